The molecule has 0 saturated heterocycles. The molecule has 24 heavy (non-hydrogen) atoms. The Morgan fingerprint density at radius 2 is 1.96 bits per heavy atom. The fourth-order valence-corrected chi connectivity index (χ4v) is 2.20. The van der Waals surface area contributed by atoms with Crippen LogP contribution in [0.25, 0.3) is 0 Å². The molecule has 0 fully saturated rings. The van der Waals surface area contributed by atoms with Gasteiger partial charge in [0.1, 0.15) is 5.75 Å². The molecule has 6 heteroatoms. The van der Waals surface area contributed by atoms with Gasteiger partial charge in [-0.2, -0.15) is 0 Å². The Bertz CT molecular complexity index is 672. The number of nitrogens with zero attached hydrogens (tertiary/aromatic N) is 2. The fraction of sp³-hybridized carbons (Fsp3) is 0.278. The second-order valence-corrected chi connectivity index (χ2v) is 5.29. The number of benzene rings is 1. The lowest BCUT2D eigenvalue weighted by molar-refractivity contribution is -0.129. The number of rotatable bonds is 7. The van der Waals surface area contributed by atoms with E-state index < -0.39 is 0 Å². The lowest BCUT2D eigenvalue weighted by atomic mass is 10.2. The summed E-state index contributed by atoms with van der Waals surface area (Å²) in [5, 5.41) is 2.80. The summed E-state index contributed by atoms with van der Waals surface area (Å²) in [6.45, 7) is 2.82. The molecule has 1 N–H and O–H groups in total. The number of aromatic nitrogens is 1. The fourth-order valence-electron chi connectivity index (χ4n) is 2.20. The molecule has 0 atom stereocenters. The van der Waals surface area contributed by atoms with E-state index in [2.05, 4.69) is 10.3 Å². The largest absolute Gasteiger partial charge is 0.497 e. The van der Waals surface area contributed by atoms with Gasteiger partial charge in [-0.1, -0.05) is 12.1 Å². The SMILES string of the molecule is COc1ccc(CN(CCNC(=O)c2cccnc2)C(C)=O)cc1. The second-order valence-electron chi connectivity index (χ2n) is 5.29. The van der Waals surface area contributed by atoms with E-state index in [1.165, 1.54) is 13.1 Å². The molecule has 0 aliphatic carbocycles. The molecule has 1 aromatic heterocycles. The zero-order valence-electron chi connectivity index (χ0n) is 13.9. The van der Waals surface area contributed by atoms with Gasteiger partial charge in [0.25, 0.3) is 5.91 Å². The topological polar surface area (TPSA) is 71.5 Å². The number of methoxy groups -OCH3 is 1. The summed E-state index contributed by atoms with van der Waals surface area (Å²) in [6.07, 6.45) is 3.12. The highest BCUT2D eigenvalue weighted by Crippen LogP contribution is 2.13. The van der Waals surface area contributed by atoms with Crippen molar-refractivity contribution >= 4 is 11.8 Å². The Labute approximate surface area is 141 Å². The molecular weight excluding hydrogens is 306 g/mol. The number of ether oxygens (including phenoxy) is 1. The molecule has 2 amide bonds. The number of nitrogens with one attached hydrogen (secondary N) is 1. The van der Waals surface area contributed by atoms with Gasteiger partial charge in [-0.05, 0) is 29.8 Å². The first-order valence-corrected chi connectivity index (χ1v) is 7.67. The highest BCUT2D eigenvalue weighted by atomic mass is 16.5. The Balaban J connectivity index is 1.87. The molecule has 2 rings (SSSR count). The summed E-state index contributed by atoms with van der Waals surface area (Å²) >= 11 is 0. The van der Waals surface area contributed by atoms with Crippen LogP contribution in [0.2, 0.25) is 0 Å². The molecule has 1 heterocycles. The van der Waals surface area contributed by atoms with E-state index in [0.717, 1.165) is 11.3 Å². The van der Waals surface area contributed by atoms with E-state index in [1.54, 1.807) is 30.3 Å². The first-order valence-electron chi connectivity index (χ1n) is 7.67. The molecule has 0 radical (unpaired) electrons. The van der Waals surface area contributed by atoms with Crippen molar-refractivity contribution < 1.29 is 14.3 Å². The van der Waals surface area contributed by atoms with Gasteiger partial charge in [0, 0.05) is 39.0 Å². The summed E-state index contributed by atoms with van der Waals surface area (Å²) < 4.78 is 5.12. The molecular formula is C18H21N3O3. The Kier molecular flexibility index (Phi) is 6.31. The first kappa shape index (κ1) is 17.5. The maximum Gasteiger partial charge on any atom is 0.252 e. The highest BCUT2D eigenvalue weighted by Gasteiger charge is 2.11. The zero-order chi connectivity index (χ0) is 17.4. The van der Waals surface area contributed by atoms with E-state index in [-0.39, 0.29) is 11.8 Å². The number of pyridine rings is 1. The maximum atomic E-state index is 12.0. The summed E-state index contributed by atoms with van der Waals surface area (Å²) in [5.74, 6) is 0.536. The molecule has 2 aromatic rings. The van der Waals surface area contributed by atoms with Crippen LogP contribution in [0.3, 0.4) is 0 Å². The van der Waals surface area contributed by atoms with Gasteiger partial charge in [0.05, 0.1) is 12.7 Å². The molecule has 6 nitrogen and oxygen atoms in total. The van der Waals surface area contributed by atoms with E-state index in [1.807, 2.05) is 24.3 Å². The minimum absolute atomic E-state index is 0.0403. The standard InChI is InChI=1S/C18H21N3O3/c1-14(22)21(13-15-5-7-17(24-2)8-6-15)11-10-20-18(23)16-4-3-9-19-12-16/h3-9,12H,10-11,13H2,1-2H3,(H,20,23). The lowest BCUT2D eigenvalue weighted by Gasteiger charge is -2.21. The third kappa shape index (κ3) is 5.08. The summed E-state index contributed by atoms with van der Waals surface area (Å²) in [6, 6.07) is 11.0. The Morgan fingerprint density at radius 1 is 1.21 bits per heavy atom. The van der Waals surface area contributed by atoms with Gasteiger partial charge >= 0.3 is 0 Å². The van der Waals surface area contributed by atoms with Crippen LogP contribution in [0.15, 0.2) is 48.8 Å². The monoisotopic (exact) mass is 327 g/mol. The quantitative estimate of drug-likeness (QED) is 0.843. The summed E-state index contributed by atoms with van der Waals surface area (Å²) in [7, 11) is 1.61. The van der Waals surface area contributed by atoms with Crippen molar-refractivity contribution in [2.45, 2.75) is 13.5 Å². The van der Waals surface area contributed by atoms with Crippen molar-refractivity contribution in [1.82, 2.24) is 15.2 Å². The molecule has 0 bridgehead atoms. The summed E-state index contributed by atoms with van der Waals surface area (Å²) in [4.78, 5) is 29.3. The number of amides is 2. The molecule has 0 unspecified atom stereocenters. The summed E-state index contributed by atoms with van der Waals surface area (Å²) in [5.41, 5.74) is 1.51. The van der Waals surface area contributed by atoms with E-state index in [0.29, 0.717) is 25.2 Å². The third-order valence-electron chi connectivity index (χ3n) is 3.57. The third-order valence-corrected chi connectivity index (χ3v) is 3.57. The van der Waals surface area contributed by atoms with Crippen LogP contribution >= 0.6 is 0 Å². The van der Waals surface area contributed by atoms with Crippen LogP contribution < -0.4 is 10.1 Å². The number of hydrogen-bond donors (Lipinski definition) is 1. The van der Waals surface area contributed by atoms with Gasteiger partial charge < -0.3 is 15.0 Å². The van der Waals surface area contributed by atoms with Gasteiger partial charge in [0.15, 0.2) is 0 Å². The highest BCUT2D eigenvalue weighted by molar-refractivity contribution is 5.93. The minimum atomic E-state index is -0.198. The number of carbonyl (C=O) groups is 2. The van der Waals surface area contributed by atoms with Crippen LogP contribution in [0.4, 0.5) is 0 Å². The van der Waals surface area contributed by atoms with Crippen LogP contribution in [0.5, 0.6) is 5.75 Å². The Morgan fingerprint density at radius 3 is 2.54 bits per heavy atom. The van der Waals surface area contributed by atoms with Crippen molar-refractivity contribution in [2.75, 3.05) is 20.2 Å². The number of carbonyl (C=O) groups excluding carboxylic acids is 2. The normalized spacial score (nSPS) is 10.1. The average Bonchev–Trinajstić information content (AvgIpc) is 2.62. The predicted molar refractivity (Wildman–Crippen MR) is 90.7 cm³/mol. The first-order chi connectivity index (χ1) is 11.6. The van der Waals surface area contributed by atoms with Crippen molar-refractivity contribution in [2.24, 2.45) is 0 Å². The predicted octanol–water partition coefficient (Wildman–Crippen LogP) is 1.87. The van der Waals surface area contributed by atoms with Gasteiger partial charge in [-0.15, -0.1) is 0 Å². The lowest BCUT2D eigenvalue weighted by Crippen LogP contribution is -2.37. The molecule has 0 aliphatic rings. The van der Waals surface area contributed by atoms with Crippen LogP contribution in [-0.4, -0.2) is 41.9 Å². The van der Waals surface area contributed by atoms with Crippen molar-refractivity contribution in [3.05, 3.63) is 59.9 Å². The van der Waals surface area contributed by atoms with Crippen molar-refractivity contribution in [3.8, 4) is 5.75 Å². The van der Waals surface area contributed by atoms with Crippen molar-refractivity contribution in [3.63, 3.8) is 0 Å². The van der Waals surface area contributed by atoms with E-state index >= 15 is 0 Å². The van der Waals surface area contributed by atoms with Crippen molar-refractivity contribution in [1.29, 1.82) is 0 Å². The van der Waals surface area contributed by atoms with Crippen LogP contribution in [0, 0.1) is 0 Å². The van der Waals surface area contributed by atoms with Gasteiger partial charge in [-0.3, -0.25) is 14.6 Å². The van der Waals surface area contributed by atoms with Crippen LogP contribution in [0.1, 0.15) is 22.8 Å². The Hall–Kier alpha value is -2.89. The minimum Gasteiger partial charge on any atom is -0.497 e. The molecule has 0 spiro atoms. The molecule has 1 aromatic carbocycles. The van der Waals surface area contributed by atoms with Gasteiger partial charge in [0.2, 0.25) is 5.91 Å². The molecule has 126 valence electrons. The average molecular weight is 327 g/mol. The zero-order valence-corrected chi connectivity index (χ0v) is 13.9. The maximum absolute atomic E-state index is 12.0. The van der Waals surface area contributed by atoms with E-state index in [4.69, 9.17) is 4.74 Å². The molecule has 0 saturated carbocycles. The second kappa shape index (κ2) is 8.67. The van der Waals surface area contributed by atoms with Gasteiger partial charge in [-0.25, -0.2) is 0 Å². The van der Waals surface area contributed by atoms with Crippen LogP contribution in [-0.2, 0) is 11.3 Å². The number of hydrogen-bond acceptors (Lipinski definition) is 4. The molecule has 0 aliphatic heterocycles. The smallest absolute Gasteiger partial charge is 0.252 e. The van der Waals surface area contributed by atoms with E-state index in [9.17, 15) is 9.59 Å².